The molecule has 160 valence electrons. The molecule has 1 amide bonds. The zero-order valence-electron chi connectivity index (χ0n) is 17.7. The van der Waals surface area contributed by atoms with E-state index in [2.05, 4.69) is 39.4 Å². The summed E-state index contributed by atoms with van der Waals surface area (Å²) in [6, 6.07) is 15.6. The van der Waals surface area contributed by atoms with Gasteiger partial charge in [-0.25, -0.2) is 4.39 Å². The van der Waals surface area contributed by atoms with Gasteiger partial charge in [0.15, 0.2) is 0 Å². The second kappa shape index (κ2) is 10.1. The second-order valence-corrected chi connectivity index (χ2v) is 8.51. The summed E-state index contributed by atoms with van der Waals surface area (Å²) in [6.07, 6.45) is 5.03. The highest BCUT2D eigenvalue weighted by atomic mass is 19.1. The lowest BCUT2D eigenvalue weighted by molar-refractivity contribution is -0.126. The van der Waals surface area contributed by atoms with Crippen LogP contribution in [0, 0.1) is 11.7 Å². The Hall–Kier alpha value is -2.40. The predicted octanol–water partition coefficient (Wildman–Crippen LogP) is 4.00. The number of amides is 1. The van der Waals surface area contributed by atoms with Crippen LogP contribution in [-0.4, -0.2) is 43.5 Å². The number of carbonyl (C=O) groups is 1. The third-order valence-electron chi connectivity index (χ3n) is 6.42. The molecule has 0 unspecified atom stereocenters. The van der Waals surface area contributed by atoms with Crippen LogP contribution < -0.4 is 10.2 Å². The number of anilines is 1. The molecule has 30 heavy (non-hydrogen) atoms. The summed E-state index contributed by atoms with van der Waals surface area (Å²) < 4.78 is 13.8. The van der Waals surface area contributed by atoms with Crippen molar-refractivity contribution in [1.29, 1.82) is 0 Å². The third-order valence-corrected chi connectivity index (χ3v) is 6.42. The van der Waals surface area contributed by atoms with Crippen LogP contribution in [0.4, 0.5) is 10.1 Å². The van der Waals surface area contributed by atoms with Gasteiger partial charge in [0.05, 0.1) is 0 Å². The van der Waals surface area contributed by atoms with E-state index in [-0.39, 0.29) is 17.6 Å². The number of aryl methyl sites for hydroxylation is 1. The zero-order valence-corrected chi connectivity index (χ0v) is 17.7. The minimum atomic E-state index is -0.145. The molecule has 0 spiro atoms. The van der Waals surface area contributed by atoms with Crippen molar-refractivity contribution in [3.63, 3.8) is 0 Å². The fourth-order valence-electron chi connectivity index (χ4n) is 4.69. The lowest BCUT2D eigenvalue weighted by Crippen LogP contribution is -2.41. The number of piperidine rings is 1. The summed E-state index contributed by atoms with van der Waals surface area (Å²) in [4.78, 5) is 17.3. The topological polar surface area (TPSA) is 35.6 Å². The first kappa shape index (κ1) is 20.9. The summed E-state index contributed by atoms with van der Waals surface area (Å²) in [7, 11) is 0. The Morgan fingerprint density at radius 1 is 1.03 bits per heavy atom. The number of para-hydroxylation sites is 1. The Labute approximate surface area is 179 Å². The number of nitrogens with one attached hydrogen (secondary N) is 1. The van der Waals surface area contributed by atoms with E-state index < -0.39 is 0 Å². The van der Waals surface area contributed by atoms with Crippen molar-refractivity contribution in [3.05, 3.63) is 65.5 Å². The van der Waals surface area contributed by atoms with E-state index >= 15 is 0 Å². The van der Waals surface area contributed by atoms with Gasteiger partial charge in [-0.05, 0) is 62.9 Å². The van der Waals surface area contributed by atoms with Crippen LogP contribution >= 0.6 is 0 Å². The molecule has 0 radical (unpaired) electrons. The number of fused-ring (bicyclic) bond motifs is 1. The Morgan fingerprint density at radius 2 is 1.80 bits per heavy atom. The number of rotatable bonds is 7. The molecule has 2 aromatic carbocycles. The van der Waals surface area contributed by atoms with Crippen LogP contribution in [0.2, 0.25) is 0 Å². The maximum atomic E-state index is 13.8. The first-order valence-corrected chi connectivity index (χ1v) is 11.3. The molecular weight excluding hydrogens is 377 g/mol. The average Bonchev–Trinajstić information content (AvgIpc) is 2.79. The van der Waals surface area contributed by atoms with Crippen molar-refractivity contribution in [2.75, 3.05) is 37.6 Å². The largest absolute Gasteiger partial charge is 0.371 e. The van der Waals surface area contributed by atoms with E-state index in [4.69, 9.17) is 0 Å². The Kier molecular flexibility index (Phi) is 7.00. The fraction of sp³-hybridized carbons (Fsp3) is 0.480. The first-order chi connectivity index (χ1) is 14.7. The molecule has 1 saturated heterocycles. The van der Waals surface area contributed by atoms with Crippen molar-refractivity contribution in [2.24, 2.45) is 5.92 Å². The van der Waals surface area contributed by atoms with E-state index in [1.807, 2.05) is 12.1 Å². The number of halogens is 1. The predicted molar refractivity (Wildman–Crippen MR) is 119 cm³/mol. The number of hydrogen-bond donors (Lipinski definition) is 1. The average molecular weight is 410 g/mol. The normalized spacial score (nSPS) is 17.6. The highest BCUT2D eigenvalue weighted by Crippen LogP contribution is 2.26. The SMILES string of the molecule is O=C(NCCCN1CCCc2ccccc21)C1CCN(Cc2ccccc2F)CC1. The van der Waals surface area contributed by atoms with E-state index in [1.165, 1.54) is 30.2 Å². The van der Waals surface area contributed by atoms with Gasteiger partial charge in [0.2, 0.25) is 5.91 Å². The lowest BCUT2D eigenvalue weighted by Gasteiger charge is -2.32. The van der Waals surface area contributed by atoms with Gasteiger partial charge in [0.25, 0.3) is 0 Å². The second-order valence-electron chi connectivity index (χ2n) is 8.51. The van der Waals surface area contributed by atoms with E-state index in [0.717, 1.165) is 57.5 Å². The summed E-state index contributed by atoms with van der Waals surface area (Å²) in [5.41, 5.74) is 3.53. The minimum absolute atomic E-state index is 0.0811. The van der Waals surface area contributed by atoms with Crippen molar-refractivity contribution < 1.29 is 9.18 Å². The van der Waals surface area contributed by atoms with Gasteiger partial charge < -0.3 is 10.2 Å². The maximum Gasteiger partial charge on any atom is 0.223 e. The van der Waals surface area contributed by atoms with E-state index in [9.17, 15) is 9.18 Å². The van der Waals surface area contributed by atoms with Crippen molar-refractivity contribution in [1.82, 2.24) is 10.2 Å². The summed E-state index contributed by atoms with van der Waals surface area (Å²) in [5, 5.41) is 3.15. The van der Waals surface area contributed by atoms with Crippen LogP contribution in [0.5, 0.6) is 0 Å². The number of hydrogen-bond acceptors (Lipinski definition) is 3. The third kappa shape index (κ3) is 5.20. The summed E-state index contributed by atoms with van der Waals surface area (Å²) in [5.74, 6) is 0.117. The molecule has 0 aliphatic carbocycles. The van der Waals surface area contributed by atoms with E-state index in [0.29, 0.717) is 6.54 Å². The van der Waals surface area contributed by atoms with Crippen molar-refractivity contribution in [3.8, 4) is 0 Å². The Bertz CT molecular complexity index is 848. The minimum Gasteiger partial charge on any atom is -0.371 e. The molecule has 0 aromatic heterocycles. The van der Waals surface area contributed by atoms with Crippen LogP contribution in [0.1, 0.15) is 36.8 Å². The van der Waals surface area contributed by atoms with Gasteiger partial charge in [-0.1, -0.05) is 36.4 Å². The monoisotopic (exact) mass is 409 g/mol. The Balaban J connectivity index is 1.16. The maximum absolute atomic E-state index is 13.8. The number of benzene rings is 2. The molecule has 2 heterocycles. The van der Waals surface area contributed by atoms with Crippen LogP contribution in [0.3, 0.4) is 0 Å². The highest BCUT2D eigenvalue weighted by molar-refractivity contribution is 5.78. The number of likely N-dealkylation sites (tertiary alicyclic amines) is 1. The van der Waals surface area contributed by atoms with Crippen LogP contribution in [0.15, 0.2) is 48.5 Å². The van der Waals surface area contributed by atoms with E-state index in [1.54, 1.807) is 6.07 Å². The smallest absolute Gasteiger partial charge is 0.223 e. The van der Waals surface area contributed by atoms with Crippen LogP contribution in [0.25, 0.3) is 0 Å². The molecule has 1 N–H and O–H groups in total. The van der Waals surface area contributed by atoms with Gasteiger partial charge >= 0.3 is 0 Å². The zero-order chi connectivity index (χ0) is 20.8. The molecule has 2 aliphatic rings. The lowest BCUT2D eigenvalue weighted by atomic mass is 9.95. The van der Waals surface area contributed by atoms with Gasteiger partial charge in [-0.15, -0.1) is 0 Å². The molecule has 2 aliphatic heterocycles. The molecule has 4 nitrogen and oxygen atoms in total. The van der Waals surface area contributed by atoms with Gasteiger partial charge in [-0.3, -0.25) is 9.69 Å². The van der Waals surface area contributed by atoms with Crippen LogP contribution in [-0.2, 0) is 17.8 Å². The molecule has 0 saturated carbocycles. The van der Waals surface area contributed by atoms with Gasteiger partial charge in [-0.2, -0.15) is 0 Å². The number of nitrogens with zero attached hydrogens (tertiary/aromatic N) is 2. The van der Waals surface area contributed by atoms with Gasteiger partial charge in [0, 0.05) is 43.3 Å². The molecule has 2 aromatic rings. The molecular formula is C25H32FN3O. The van der Waals surface area contributed by atoms with Gasteiger partial charge in [0.1, 0.15) is 5.82 Å². The molecule has 0 atom stereocenters. The molecule has 5 heteroatoms. The summed E-state index contributed by atoms with van der Waals surface area (Å²) >= 11 is 0. The van der Waals surface area contributed by atoms with Crippen molar-refractivity contribution in [2.45, 2.75) is 38.6 Å². The first-order valence-electron chi connectivity index (χ1n) is 11.3. The molecule has 4 rings (SSSR count). The quantitative estimate of drug-likeness (QED) is 0.702. The molecule has 0 bridgehead atoms. The fourth-order valence-corrected chi connectivity index (χ4v) is 4.69. The summed E-state index contributed by atoms with van der Waals surface area (Å²) in [6.45, 7) is 5.13. The Morgan fingerprint density at radius 3 is 2.63 bits per heavy atom. The highest BCUT2D eigenvalue weighted by Gasteiger charge is 2.25. The standard InChI is InChI=1S/C25H32FN3O/c26-23-10-3-1-8-22(23)19-28-17-12-21(13-18-28)25(30)27-14-6-16-29-15-5-9-20-7-2-4-11-24(20)29/h1-4,7-8,10-11,21H,5-6,9,12-19H2,(H,27,30). The van der Waals surface area contributed by atoms with Crippen molar-refractivity contribution >= 4 is 11.6 Å². The molecule has 1 fully saturated rings. The number of carbonyl (C=O) groups excluding carboxylic acids is 1.